The second-order valence-corrected chi connectivity index (χ2v) is 5.21. The molecule has 0 amide bonds. The highest BCUT2D eigenvalue weighted by Crippen LogP contribution is 2.17. The first kappa shape index (κ1) is 13.1. The fraction of sp³-hybridized carbons (Fsp3) is 0.357. The van der Waals surface area contributed by atoms with E-state index in [1.54, 1.807) is 11.3 Å². The molecule has 3 nitrogen and oxygen atoms in total. The predicted molar refractivity (Wildman–Crippen MR) is 78.2 cm³/mol. The Hall–Kier alpha value is -1.39. The van der Waals surface area contributed by atoms with E-state index in [1.807, 2.05) is 7.05 Å². The van der Waals surface area contributed by atoms with E-state index < -0.39 is 0 Å². The third-order valence-electron chi connectivity index (χ3n) is 2.94. The summed E-state index contributed by atoms with van der Waals surface area (Å²) in [5.41, 5.74) is 3.69. The number of thiophene rings is 1. The zero-order chi connectivity index (χ0) is 13.0. The molecule has 0 unspecified atom stereocenters. The Balaban J connectivity index is 2.11. The van der Waals surface area contributed by atoms with Gasteiger partial charge in [0.05, 0.1) is 0 Å². The maximum Gasteiger partial charge on any atom is 0.128 e. The average molecular weight is 261 g/mol. The van der Waals surface area contributed by atoms with Crippen LogP contribution in [0, 0.1) is 6.92 Å². The molecule has 2 aromatic rings. The molecule has 0 atom stereocenters. The molecule has 0 fully saturated rings. The second kappa shape index (κ2) is 5.98. The van der Waals surface area contributed by atoms with Crippen molar-refractivity contribution < 1.29 is 0 Å². The van der Waals surface area contributed by atoms with Crippen molar-refractivity contribution in [3.8, 4) is 0 Å². The monoisotopic (exact) mass is 261 g/mol. The standard InChI is InChI=1S/C14H19N3S/c1-11-13(8-15-2)4-5-14(16-11)17(3)9-12-6-7-18-10-12/h4-7,10,15H,8-9H2,1-3H3. The van der Waals surface area contributed by atoms with Crippen LogP contribution in [0.15, 0.2) is 29.0 Å². The van der Waals surface area contributed by atoms with Gasteiger partial charge in [-0.15, -0.1) is 0 Å². The normalized spacial score (nSPS) is 10.6. The van der Waals surface area contributed by atoms with Gasteiger partial charge in [0.15, 0.2) is 0 Å². The molecule has 0 aliphatic heterocycles. The van der Waals surface area contributed by atoms with Gasteiger partial charge in [0.2, 0.25) is 0 Å². The van der Waals surface area contributed by atoms with E-state index in [0.717, 1.165) is 24.6 Å². The average Bonchev–Trinajstić information content (AvgIpc) is 2.84. The Labute approximate surface area is 112 Å². The number of hydrogen-bond acceptors (Lipinski definition) is 4. The van der Waals surface area contributed by atoms with Crippen LogP contribution in [0.1, 0.15) is 16.8 Å². The molecule has 0 aliphatic carbocycles. The summed E-state index contributed by atoms with van der Waals surface area (Å²) in [6, 6.07) is 6.40. The van der Waals surface area contributed by atoms with Crippen LogP contribution in [0.25, 0.3) is 0 Å². The van der Waals surface area contributed by atoms with E-state index in [9.17, 15) is 0 Å². The lowest BCUT2D eigenvalue weighted by molar-refractivity contribution is 0.800. The molecule has 2 rings (SSSR count). The molecule has 4 heteroatoms. The minimum Gasteiger partial charge on any atom is -0.355 e. The highest BCUT2D eigenvalue weighted by atomic mass is 32.1. The summed E-state index contributed by atoms with van der Waals surface area (Å²) in [6.45, 7) is 3.84. The van der Waals surface area contributed by atoms with Gasteiger partial charge < -0.3 is 10.2 Å². The molecule has 0 aliphatic rings. The highest BCUT2D eigenvalue weighted by molar-refractivity contribution is 7.07. The van der Waals surface area contributed by atoms with E-state index in [0.29, 0.717) is 0 Å². The predicted octanol–water partition coefficient (Wildman–Crippen LogP) is 2.81. The Morgan fingerprint density at radius 3 is 2.78 bits per heavy atom. The summed E-state index contributed by atoms with van der Waals surface area (Å²) in [7, 11) is 4.03. The summed E-state index contributed by atoms with van der Waals surface area (Å²) in [6.07, 6.45) is 0. The third kappa shape index (κ3) is 3.09. The maximum atomic E-state index is 4.66. The molecule has 0 bridgehead atoms. The van der Waals surface area contributed by atoms with Crippen molar-refractivity contribution >= 4 is 17.2 Å². The highest BCUT2D eigenvalue weighted by Gasteiger charge is 2.06. The van der Waals surface area contributed by atoms with Crippen molar-refractivity contribution in [3.05, 3.63) is 45.8 Å². The van der Waals surface area contributed by atoms with Crippen LogP contribution >= 0.6 is 11.3 Å². The van der Waals surface area contributed by atoms with E-state index in [-0.39, 0.29) is 0 Å². The van der Waals surface area contributed by atoms with Crippen LogP contribution < -0.4 is 10.2 Å². The van der Waals surface area contributed by atoms with Gasteiger partial charge in [-0.3, -0.25) is 0 Å². The lowest BCUT2D eigenvalue weighted by Gasteiger charge is -2.18. The molecule has 18 heavy (non-hydrogen) atoms. The first-order valence-corrected chi connectivity index (χ1v) is 6.98. The number of rotatable bonds is 5. The Kier molecular flexibility index (Phi) is 4.33. The number of aromatic nitrogens is 1. The van der Waals surface area contributed by atoms with E-state index >= 15 is 0 Å². The molecule has 2 aromatic heterocycles. The Bertz CT molecular complexity index is 494. The summed E-state index contributed by atoms with van der Waals surface area (Å²) in [5.74, 6) is 1.03. The molecule has 0 radical (unpaired) electrons. The maximum absolute atomic E-state index is 4.66. The van der Waals surface area contributed by atoms with E-state index in [2.05, 4.69) is 58.1 Å². The van der Waals surface area contributed by atoms with Crippen molar-refractivity contribution in [2.45, 2.75) is 20.0 Å². The van der Waals surface area contributed by atoms with Crippen LogP contribution in [0.5, 0.6) is 0 Å². The van der Waals surface area contributed by atoms with Crippen molar-refractivity contribution in [1.29, 1.82) is 0 Å². The van der Waals surface area contributed by atoms with Gasteiger partial charge in [0, 0.05) is 25.8 Å². The molecule has 0 saturated heterocycles. The largest absolute Gasteiger partial charge is 0.355 e. The minimum atomic E-state index is 0.868. The molecule has 1 N–H and O–H groups in total. The van der Waals surface area contributed by atoms with Gasteiger partial charge >= 0.3 is 0 Å². The Morgan fingerprint density at radius 1 is 1.33 bits per heavy atom. The second-order valence-electron chi connectivity index (χ2n) is 4.43. The quantitative estimate of drug-likeness (QED) is 0.897. The van der Waals surface area contributed by atoms with Crippen LogP contribution in [0.2, 0.25) is 0 Å². The van der Waals surface area contributed by atoms with Gasteiger partial charge in [-0.1, -0.05) is 6.07 Å². The lowest BCUT2D eigenvalue weighted by Crippen LogP contribution is -2.18. The molecule has 2 heterocycles. The molecule has 96 valence electrons. The zero-order valence-electron chi connectivity index (χ0n) is 11.1. The number of nitrogens with zero attached hydrogens (tertiary/aromatic N) is 2. The molecular weight excluding hydrogens is 242 g/mol. The van der Waals surface area contributed by atoms with Gasteiger partial charge in [0.1, 0.15) is 5.82 Å². The smallest absolute Gasteiger partial charge is 0.128 e. The van der Waals surface area contributed by atoms with Crippen molar-refractivity contribution in [2.75, 3.05) is 19.0 Å². The Morgan fingerprint density at radius 2 is 2.17 bits per heavy atom. The number of nitrogens with one attached hydrogen (secondary N) is 1. The van der Waals surface area contributed by atoms with Gasteiger partial charge in [-0.2, -0.15) is 11.3 Å². The van der Waals surface area contributed by atoms with Crippen molar-refractivity contribution in [1.82, 2.24) is 10.3 Å². The first-order valence-electron chi connectivity index (χ1n) is 6.04. The fourth-order valence-electron chi connectivity index (χ4n) is 1.90. The lowest BCUT2D eigenvalue weighted by atomic mass is 10.2. The van der Waals surface area contributed by atoms with Gasteiger partial charge in [-0.05, 0) is 48.0 Å². The first-order chi connectivity index (χ1) is 8.70. The van der Waals surface area contributed by atoms with E-state index in [1.165, 1.54) is 11.1 Å². The fourth-order valence-corrected chi connectivity index (χ4v) is 2.56. The van der Waals surface area contributed by atoms with E-state index in [4.69, 9.17) is 0 Å². The SMILES string of the molecule is CNCc1ccc(N(C)Cc2ccsc2)nc1C. The van der Waals surface area contributed by atoms with Crippen molar-refractivity contribution in [2.24, 2.45) is 0 Å². The number of pyridine rings is 1. The van der Waals surface area contributed by atoms with Crippen LogP contribution in [-0.2, 0) is 13.1 Å². The molecule has 0 saturated carbocycles. The molecule has 0 spiro atoms. The van der Waals surface area contributed by atoms with Crippen LogP contribution in [-0.4, -0.2) is 19.1 Å². The topological polar surface area (TPSA) is 28.2 Å². The number of anilines is 1. The minimum absolute atomic E-state index is 0.868. The molecule has 0 aromatic carbocycles. The summed E-state index contributed by atoms with van der Waals surface area (Å²) in [5, 5.41) is 7.45. The number of hydrogen-bond donors (Lipinski definition) is 1. The third-order valence-corrected chi connectivity index (χ3v) is 3.67. The summed E-state index contributed by atoms with van der Waals surface area (Å²) < 4.78 is 0. The van der Waals surface area contributed by atoms with Gasteiger partial charge in [0.25, 0.3) is 0 Å². The molecular formula is C14H19N3S. The van der Waals surface area contributed by atoms with Gasteiger partial charge in [-0.25, -0.2) is 4.98 Å². The van der Waals surface area contributed by atoms with Crippen LogP contribution in [0.4, 0.5) is 5.82 Å². The van der Waals surface area contributed by atoms with Crippen molar-refractivity contribution in [3.63, 3.8) is 0 Å². The summed E-state index contributed by atoms with van der Waals surface area (Å²) in [4.78, 5) is 6.84. The zero-order valence-corrected chi connectivity index (χ0v) is 11.9. The van der Waals surface area contributed by atoms with Crippen LogP contribution in [0.3, 0.4) is 0 Å². The number of aryl methyl sites for hydroxylation is 1. The summed E-state index contributed by atoms with van der Waals surface area (Å²) >= 11 is 1.73.